The van der Waals surface area contributed by atoms with Gasteiger partial charge in [0.25, 0.3) is 0 Å². The molecule has 0 saturated carbocycles. The maximum absolute atomic E-state index is 5.25. The van der Waals surface area contributed by atoms with Gasteiger partial charge in [0, 0.05) is 5.92 Å². The van der Waals surface area contributed by atoms with Gasteiger partial charge >= 0.3 is 0 Å². The van der Waals surface area contributed by atoms with Crippen LogP contribution < -0.4 is 5.73 Å². The minimum absolute atomic E-state index is 0.480. The van der Waals surface area contributed by atoms with Crippen molar-refractivity contribution in [3.8, 4) is 0 Å². The Morgan fingerprint density at radius 1 is 1.38 bits per heavy atom. The molecule has 1 aliphatic rings. The topological polar surface area (TPSA) is 44.5 Å². The summed E-state index contributed by atoms with van der Waals surface area (Å²) in [5.41, 5.74) is 5.25. The molecule has 3 heteroatoms. The van der Waals surface area contributed by atoms with E-state index in [0.717, 1.165) is 13.2 Å². The predicted molar refractivity (Wildman–Crippen MR) is 29.0 cm³/mol. The van der Waals surface area contributed by atoms with Crippen LogP contribution in [0.5, 0.6) is 0 Å². The summed E-state index contributed by atoms with van der Waals surface area (Å²) in [4.78, 5) is 0. The Kier molecular flexibility index (Phi) is 1.83. The summed E-state index contributed by atoms with van der Waals surface area (Å²) < 4.78 is 9.89. The van der Waals surface area contributed by atoms with Crippen molar-refractivity contribution in [2.45, 2.75) is 13.3 Å². The fourth-order valence-electron chi connectivity index (χ4n) is 0.614. The minimum atomic E-state index is -0.480. The van der Waals surface area contributed by atoms with E-state index >= 15 is 0 Å². The van der Waals surface area contributed by atoms with Crippen molar-refractivity contribution in [1.29, 1.82) is 0 Å². The van der Waals surface area contributed by atoms with Crippen LogP contribution in [0.15, 0.2) is 0 Å². The zero-order valence-corrected chi connectivity index (χ0v) is 4.96. The highest BCUT2D eigenvalue weighted by molar-refractivity contribution is 4.53. The molecule has 8 heavy (non-hydrogen) atoms. The standard InChI is InChI=1S/C5H11NO2/c1-4-2-7-5(6)8-3-4/h4-5H,2-3,6H2,1H3. The van der Waals surface area contributed by atoms with E-state index in [4.69, 9.17) is 15.2 Å². The summed E-state index contributed by atoms with van der Waals surface area (Å²) in [6.07, 6.45) is -0.480. The van der Waals surface area contributed by atoms with E-state index in [9.17, 15) is 0 Å². The monoisotopic (exact) mass is 117 g/mol. The van der Waals surface area contributed by atoms with Crippen LogP contribution in [0.2, 0.25) is 0 Å². The van der Waals surface area contributed by atoms with Crippen molar-refractivity contribution in [1.82, 2.24) is 0 Å². The molecule has 0 atom stereocenters. The molecule has 1 heterocycles. The van der Waals surface area contributed by atoms with Crippen molar-refractivity contribution in [3.63, 3.8) is 0 Å². The Hall–Kier alpha value is -0.120. The highest BCUT2D eigenvalue weighted by Gasteiger charge is 2.13. The zero-order valence-electron chi connectivity index (χ0n) is 4.96. The summed E-state index contributed by atoms with van der Waals surface area (Å²) in [6, 6.07) is 0. The van der Waals surface area contributed by atoms with Gasteiger partial charge in [-0.1, -0.05) is 6.92 Å². The first-order valence-electron chi connectivity index (χ1n) is 2.78. The third kappa shape index (κ3) is 1.43. The van der Waals surface area contributed by atoms with Crippen LogP contribution in [-0.4, -0.2) is 19.6 Å². The van der Waals surface area contributed by atoms with E-state index < -0.39 is 6.41 Å². The summed E-state index contributed by atoms with van der Waals surface area (Å²) in [6.45, 7) is 3.51. The third-order valence-electron chi connectivity index (χ3n) is 1.09. The molecule has 3 nitrogen and oxygen atoms in total. The Morgan fingerprint density at radius 3 is 2.25 bits per heavy atom. The first kappa shape index (κ1) is 6.01. The first-order valence-corrected chi connectivity index (χ1v) is 2.78. The van der Waals surface area contributed by atoms with Gasteiger partial charge in [-0.2, -0.15) is 0 Å². The molecular weight excluding hydrogens is 106 g/mol. The second-order valence-electron chi connectivity index (χ2n) is 2.14. The molecule has 1 fully saturated rings. The third-order valence-corrected chi connectivity index (χ3v) is 1.09. The van der Waals surface area contributed by atoms with Crippen LogP contribution in [0.3, 0.4) is 0 Å². The normalized spacial score (nSPS) is 39.8. The quantitative estimate of drug-likeness (QED) is 0.482. The first-order chi connectivity index (χ1) is 3.79. The lowest BCUT2D eigenvalue weighted by Crippen LogP contribution is -2.36. The van der Waals surface area contributed by atoms with Crippen LogP contribution in [0.4, 0.5) is 0 Å². The highest BCUT2D eigenvalue weighted by atomic mass is 16.7. The number of nitrogens with two attached hydrogens (primary N) is 1. The average molecular weight is 117 g/mol. The van der Waals surface area contributed by atoms with Gasteiger partial charge in [-0.15, -0.1) is 0 Å². The molecule has 0 bridgehead atoms. The lowest BCUT2D eigenvalue weighted by atomic mass is 10.2. The molecule has 48 valence electrons. The number of rotatable bonds is 0. The molecule has 0 aromatic heterocycles. The Morgan fingerprint density at radius 2 is 1.88 bits per heavy atom. The largest absolute Gasteiger partial charge is 0.340 e. The van der Waals surface area contributed by atoms with Crippen LogP contribution >= 0.6 is 0 Å². The molecule has 0 aliphatic carbocycles. The molecule has 0 aromatic carbocycles. The fraction of sp³-hybridized carbons (Fsp3) is 1.00. The predicted octanol–water partition coefficient (Wildman–Crippen LogP) is -0.0884. The van der Waals surface area contributed by atoms with Gasteiger partial charge < -0.3 is 9.47 Å². The number of ether oxygens (including phenoxy) is 2. The molecule has 0 aromatic rings. The van der Waals surface area contributed by atoms with Crippen molar-refractivity contribution >= 4 is 0 Å². The van der Waals surface area contributed by atoms with Crippen molar-refractivity contribution in [3.05, 3.63) is 0 Å². The number of hydrogen-bond donors (Lipinski definition) is 1. The molecule has 0 spiro atoms. The van der Waals surface area contributed by atoms with E-state index in [1.54, 1.807) is 0 Å². The smallest absolute Gasteiger partial charge is 0.213 e. The molecule has 1 saturated heterocycles. The second kappa shape index (κ2) is 2.44. The van der Waals surface area contributed by atoms with Gasteiger partial charge in [-0.25, -0.2) is 0 Å². The second-order valence-corrected chi connectivity index (χ2v) is 2.14. The SMILES string of the molecule is CC1COC(N)OC1. The lowest BCUT2D eigenvalue weighted by molar-refractivity contribution is -0.193. The van der Waals surface area contributed by atoms with Crippen molar-refractivity contribution < 1.29 is 9.47 Å². The summed E-state index contributed by atoms with van der Waals surface area (Å²) in [5.74, 6) is 0.495. The van der Waals surface area contributed by atoms with E-state index in [0.29, 0.717) is 5.92 Å². The van der Waals surface area contributed by atoms with Crippen LogP contribution in [0, 0.1) is 5.92 Å². The van der Waals surface area contributed by atoms with Crippen molar-refractivity contribution in [2.75, 3.05) is 13.2 Å². The molecule has 2 N–H and O–H groups in total. The van der Waals surface area contributed by atoms with Gasteiger partial charge in [0.15, 0.2) is 0 Å². The molecule has 1 rings (SSSR count). The van der Waals surface area contributed by atoms with Gasteiger partial charge in [0.05, 0.1) is 13.2 Å². The summed E-state index contributed by atoms with van der Waals surface area (Å²) in [5, 5.41) is 0. The highest BCUT2D eigenvalue weighted by Crippen LogP contribution is 2.05. The van der Waals surface area contributed by atoms with Gasteiger partial charge in [-0.3, -0.25) is 5.73 Å². The molecule has 1 aliphatic heterocycles. The lowest BCUT2D eigenvalue weighted by Gasteiger charge is -2.23. The number of hydrogen-bond acceptors (Lipinski definition) is 3. The van der Waals surface area contributed by atoms with Crippen LogP contribution in [-0.2, 0) is 9.47 Å². The van der Waals surface area contributed by atoms with E-state index in [1.807, 2.05) is 0 Å². The molecule has 0 amide bonds. The minimum Gasteiger partial charge on any atom is -0.340 e. The van der Waals surface area contributed by atoms with E-state index in [2.05, 4.69) is 6.92 Å². The Balaban J connectivity index is 2.19. The Bertz CT molecular complexity index is 58.8. The van der Waals surface area contributed by atoms with Gasteiger partial charge in [-0.05, 0) is 0 Å². The zero-order chi connectivity index (χ0) is 5.98. The van der Waals surface area contributed by atoms with Crippen LogP contribution in [0.1, 0.15) is 6.92 Å². The summed E-state index contributed by atoms with van der Waals surface area (Å²) >= 11 is 0. The Labute approximate surface area is 48.8 Å². The van der Waals surface area contributed by atoms with Crippen LogP contribution in [0.25, 0.3) is 0 Å². The molecule has 0 unspecified atom stereocenters. The maximum atomic E-state index is 5.25. The fourth-order valence-corrected chi connectivity index (χ4v) is 0.614. The van der Waals surface area contributed by atoms with E-state index in [1.165, 1.54) is 0 Å². The summed E-state index contributed by atoms with van der Waals surface area (Å²) in [7, 11) is 0. The molecule has 0 radical (unpaired) electrons. The molecular formula is C5H11NO2. The van der Waals surface area contributed by atoms with Gasteiger partial charge in [0.2, 0.25) is 6.41 Å². The van der Waals surface area contributed by atoms with E-state index in [-0.39, 0.29) is 0 Å². The average Bonchev–Trinajstić information content (AvgIpc) is 1.77. The van der Waals surface area contributed by atoms with Gasteiger partial charge in [0.1, 0.15) is 0 Å². The maximum Gasteiger partial charge on any atom is 0.213 e. The van der Waals surface area contributed by atoms with Crippen molar-refractivity contribution in [2.24, 2.45) is 11.7 Å².